The molecule has 0 N–H and O–H groups in total. The molecule has 0 saturated carbocycles. The molecule has 0 aromatic heterocycles. The van der Waals surface area contributed by atoms with Crippen LogP contribution in [0.15, 0.2) is 65.9 Å². The van der Waals surface area contributed by atoms with Gasteiger partial charge in [0, 0.05) is 49.9 Å². The predicted octanol–water partition coefficient (Wildman–Crippen LogP) is 4.21. The topological polar surface area (TPSA) is 70.2 Å². The van der Waals surface area contributed by atoms with Crippen molar-refractivity contribution < 1.29 is 32.3 Å². The number of hydrogen-bond donors (Lipinski definition) is 0. The molecule has 38 heavy (non-hydrogen) atoms. The minimum atomic E-state index is -4.43. The first-order valence-corrected chi connectivity index (χ1v) is 12.5. The number of rotatable bonds is 6. The second kappa shape index (κ2) is 11.3. The lowest BCUT2D eigenvalue weighted by molar-refractivity contribution is -0.142. The van der Waals surface area contributed by atoms with E-state index in [2.05, 4.69) is 0 Å². The second-order valence-electron chi connectivity index (χ2n) is 9.28. The lowest BCUT2D eigenvalue weighted by Gasteiger charge is -2.38. The molecule has 1 atom stereocenters. The van der Waals surface area contributed by atoms with Gasteiger partial charge in [-0.05, 0) is 37.6 Å². The van der Waals surface area contributed by atoms with Gasteiger partial charge in [0.25, 0.3) is 0 Å². The minimum Gasteiger partial charge on any atom is -0.463 e. The maximum atomic E-state index is 13.2. The van der Waals surface area contributed by atoms with E-state index in [1.165, 1.54) is 11.0 Å². The van der Waals surface area contributed by atoms with E-state index >= 15 is 0 Å². The number of carbonyl (C=O) groups excluding carboxylic acids is 3. The number of nitrogens with zero attached hydrogens (tertiary/aromatic N) is 3. The van der Waals surface area contributed by atoms with Crippen molar-refractivity contribution in [1.82, 2.24) is 9.80 Å². The molecule has 0 radical (unpaired) electrons. The van der Waals surface area contributed by atoms with Crippen molar-refractivity contribution >= 4 is 23.5 Å². The second-order valence-corrected chi connectivity index (χ2v) is 9.28. The first-order chi connectivity index (χ1) is 18.1. The number of alkyl halides is 3. The Morgan fingerprint density at radius 3 is 2.32 bits per heavy atom. The van der Waals surface area contributed by atoms with Gasteiger partial charge in [-0.15, -0.1) is 0 Å². The molecule has 2 heterocycles. The molecule has 1 fully saturated rings. The summed E-state index contributed by atoms with van der Waals surface area (Å²) in [5.74, 6) is -1.54. The highest BCUT2D eigenvalue weighted by Crippen LogP contribution is 2.37. The summed E-state index contributed by atoms with van der Waals surface area (Å²) >= 11 is 0. The van der Waals surface area contributed by atoms with E-state index < -0.39 is 23.6 Å². The summed E-state index contributed by atoms with van der Waals surface area (Å²) in [6, 6.07) is 14.4. The van der Waals surface area contributed by atoms with Crippen LogP contribution in [-0.4, -0.2) is 66.9 Å². The van der Waals surface area contributed by atoms with Crippen LogP contribution in [0, 0.1) is 0 Å². The van der Waals surface area contributed by atoms with Gasteiger partial charge in [0.15, 0.2) is 0 Å². The Bertz CT molecular complexity index is 1220. The van der Waals surface area contributed by atoms with Crippen LogP contribution >= 0.6 is 0 Å². The number of halogens is 3. The van der Waals surface area contributed by atoms with Crippen LogP contribution in [0.25, 0.3) is 0 Å². The fraction of sp³-hybridized carbons (Fsp3) is 0.393. The summed E-state index contributed by atoms with van der Waals surface area (Å²) in [5.41, 5.74) is 1.30. The Balaban J connectivity index is 1.47. The Kier molecular flexibility index (Phi) is 8.08. The smallest absolute Gasteiger partial charge is 0.416 e. The van der Waals surface area contributed by atoms with Crippen molar-refractivity contribution in [3.05, 3.63) is 77.0 Å². The fourth-order valence-corrected chi connectivity index (χ4v) is 4.98. The largest absolute Gasteiger partial charge is 0.463 e. The summed E-state index contributed by atoms with van der Waals surface area (Å²) in [6.07, 6.45) is -4.39. The van der Waals surface area contributed by atoms with E-state index in [0.717, 1.165) is 17.7 Å². The average molecular weight is 530 g/mol. The number of benzene rings is 2. The Morgan fingerprint density at radius 1 is 1.00 bits per heavy atom. The van der Waals surface area contributed by atoms with Crippen LogP contribution in [0.3, 0.4) is 0 Å². The van der Waals surface area contributed by atoms with Gasteiger partial charge >= 0.3 is 12.1 Å². The quantitative estimate of drug-likeness (QED) is 0.525. The molecule has 1 unspecified atom stereocenters. The lowest BCUT2D eigenvalue weighted by Crippen LogP contribution is -2.52. The molecule has 7 nitrogen and oxygen atoms in total. The van der Waals surface area contributed by atoms with E-state index in [0.29, 0.717) is 43.1 Å². The highest BCUT2D eigenvalue weighted by atomic mass is 19.4. The van der Waals surface area contributed by atoms with Crippen LogP contribution in [0.5, 0.6) is 0 Å². The van der Waals surface area contributed by atoms with Gasteiger partial charge in [-0.2, -0.15) is 13.2 Å². The van der Waals surface area contributed by atoms with Crippen molar-refractivity contribution in [3.8, 4) is 0 Å². The molecule has 0 bridgehead atoms. The van der Waals surface area contributed by atoms with E-state index in [-0.39, 0.29) is 31.4 Å². The van der Waals surface area contributed by atoms with Crippen LogP contribution in [0.2, 0.25) is 0 Å². The fourth-order valence-electron chi connectivity index (χ4n) is 4.98. The summed E-state index contributed by atoms with van der Waals surface area (Å²) in [6.45, 7) is 4.64. The zero-order valence-electron chi connectivity index (χ0n) is 21.3. The van der Waals surface area contributed by atoms with Crippen LogP contribution in [0.1, 0.15) is 37.3 Å². The highest BCUT2D eigenvalue weighted by molar-refractivity contribution is 5.97. The van der Waals surface area contributed by atoms with Gasteiger partial charge in [0.05, 0.1) is 17.7 Å². The third-order valence-electron chi connectivity index (χ3n) is 6.98. The highest BCUT2D eigenvalue weighted by Gasteiger charge is 2.38. The third-order valence-corrected chi connectivity index (χ3v) is 6.98. The molecular formula is C28H30F3N3O4. The zero-order valence-corrected chi connectivity index (χ0v) is 21.3. The number of amides is 2. The molecule has 202 valence electrons. The van der Waals surface area contributed by atoms with Crippen molar-refractivity contribution in [1.29, 1.82) is 0 Å². The number of carbonyl (C=O) groups is 3. The van der Waals surface area contributed by atoms with Crippen molar-refractivity contribution in [2.45, 2.75) is 32.4 Å². The van der Waals surface area contributed by atoms with Crippen molar-refractivity contribution in [2.24, 2.45) is 0 Å². The van der Waals surface area contributed by atoms with Gasteiger partial charge in [0.1, 0.15) is 6.54 Å². The van der Waals surface area contributed by atoms with E-state index in [9.17, 15) is 27.6 Å². The summed E-state index contributed by atoms with van der Waals surface area (Å²) in [5, 5.41) is 0. The van der Waals surface area contributed by atoms with Gasteiger partial charge in [-0.25, -0.2) is 4.79 Å². The molecule has 0 aliphatic carbocycles. The molecule has 1 saturated heterocycles. The van der Waals surface area contributed by atoms with E-state index in [4.69, 9.17) is 4.74 Å². The predicted molar refractivity (Wildman–Crippen MR) is 135 cm³/mol. The van der Waals surface area contributed by atoms with E-state index in [1.807, 2.05) is 30.3 Å². The molecule has 0 spiro atoms. The van der Waals surface area contributed by atoms with Crippen LogP contribution in [0.4, 0.5) is 18.9 Å². The first kappa shape index (κ1) is 27.2. The van der Waals surface area contributed by atoms with Crippen LogP contribution < -0.4 is 4.90 Å². The molecule has 2 aliphatic heterocycles. The number of hydrogen-bond acceptors (Lipinski definition) is 5. The normalized spacial score (nSPS) is 18.6. The maximum absolute atomic E-state index is 13.2. The molecule has 10 heteroatoms. The molecular weight excluding hydrogens is 499 g/mol. The maximum Gasteiger partial charge on any atom is 0.416 e. The Morgan fingerprint density at radius 2 is 1.68 bits per heavy atom. The average Bonchev–Trinajstić information content (AvgIpc) is 2.91. The SMILES string of the molecule is CCOC(=O)C1=C(C)N(CC(=O)N2CCN(c3cccc(C(F)(F)F)c3)CC2)C(=O)CC1c1ccccc1. The minimum absolute atomic E-state index is 0.0338. The first-order valence-electron chi connectivity index (χ1n) is 12.5. The number of piperazine rings is 1. The van der Waals surface area contributed by atoms with Gasteiger partial charge in [-0.3, -0.25) is 9.59 Å². The van der Waals surface area contributed by atoms with Crippen molar-refractivity contribution in [2.75, 3.05) is 44.2 Å². The third kappa shape index (κ3) is 5.84. The molecule has 2 aliphatic rings. The summed E-state index contributed by atoms with van der Waals surface area (Å²) in [7, 11) is 0. The summed E-state index contributed by atoms with van der Waals surface area (Å²) < 4.78 is 44.6. The molecule has 2 aromatic carbocycles. The monoisotopic (exact) mass is 529 g/mol. The molecule has 2 amide bonds. The number of esters is 1. The zero-order chi connectivity index (χ0) is 27.4. The van der Waals surface area contributed by atoms with Gasteiger partial charge in [-0.1, -0.05) is 36.4 Å². The molecule has 4 rings (SSSR count). The van der Waals surface area contributed by atoms with Crippen molar-refractivity contribution in [3.63, 3.8) is 0 Å². The van der Waals surface area contributed by atoms with E-state index in [1.54, 1.807) is 29.7 Å². The standard InChI is InChI=1S/C28H30F3N3O4/c1-3-38-27(37)26-19(2)34(24(35)17-23(26)20-8-5-4-6-9-20)18-25(36)33-14-12-32(13-15-33)22-11-7-10-21(16-22)28(29,30)31/h4-11,16,23H,3,12-15,17-18H2,1-2H3. The number of allylic oxidation sites excluding steroid dienone is 1. The van der Waals surface area contributed by atoms with Gasteiger partial charge < -0.3 is 19.4 Å². The van der Waals surface area contributed by atoms with Gasteiger partial charge in [0.2, 0.25) is 11.8 Å². The number of ether oxygens (including phenoxy) is 1. The Hall–Kier alpha value is -3.82. The summed E-state index contributed by atoms with van der Waals surface area (Å²) in [4.78, 5) is 44.0. The lowest BCUT2D eigenvalue weighted by atomic mass is 9.83. The van der Waals surface area contributed by atoms with Crippen LogP contribution in [-0.2, 0) is 25.3 Å². The number of anilines is 1. The Labute approximate surface area is 219 Å². The molecule has 2 aromatic rings.